The summed E-state index contributed by atoms with van der Waals surface area (Å²) in [4.78, 5) is 26.4. The van der Waals surface area contributed by atoms with E-state index in [2.05, 4.69) is 35.7 Å². The standard InChI is InChI=1S/C22H30ClN7O2S/c1-14-4-3-5-16(23)20(14)28-21(32)17-13-24-22(33-17)27-18-12-19(26-15(2)25-18)30-8-6-29(7-9-30)10-11-31/h3-5,12,17,22,24,31H,6-11,13H2,1-2H3,(H,28,32)(H,25,26,27). The monoisotopic (exact) mass is 491 g/mol. The van der Waals surface area contributed by atoms with Crippen LogP contribution in [0.2, 0.25) is 5.02 Å². The number of thioether (sulfide) groups is 1. The van der Waals surface area contributed by atoms with Crippen LogP contribution in [-0.2, 0) is 4.79 Å². The van der Waals surface area contributed by atoms with Crippen molar-refractivity contribution in [1.29, 1.82) is 0 Å². The van der Waals surface area contributed by atoms with Gasteiger partial charge in [-0.1, -0.05) is 23.7 Å². The number of carbonyl (C=O) groups is 1. The van der Waals surface area contributed by atoms with E-state index in [-0.39, 0.29) is 23.3 Å². The lowest BCUT2D eigenvalue weighted by Gasteiger charge is -2.35. The van der Waals surface area contributed by atoms with Crippen LogP contribution >= 0.6 is 23.4 Å². The Kier molecular flexibility index (Phi) is 7.92. The number of aliphatic hydroxyl groups excluding tert-OH is 1. The van der Waals surface area contributed by atoms with Crippen molar-refractivity contribution in [2.45, 2.75) is 24.6 Å². The number of hydrogen-bond donors (Lipinski definition) is 4. The molecule has 2 atom stereocenters. The molecule has 178 valence electrons. The van der Waals surface area contributed by atoms with Gasteiger partial charge in [0.1, 0.15) is 23.0 Å². The van der Waals surface area contributed by atoms with Gasteiger partial charge in [0.2, 0.25) is 5.91 Å². The average Bonchev–Trinajstić information content (AvgIpc) is 3.25. The molecule has 2 unspecified atom stereocenters. The highest BCUT2D eigenvalue weighted by molar-refractivity contribution is 8.01. The first-order chi connectivity index (χ1) is 15.9. The molecule has 0 saturated carbocycles. The lowest BCUT2D eigenvalue weighted by atomic mass is 10.2. The predicted octanol–water partition coefficient (Wildman–Crippen LogP) is 1.90. The fraction of sp³-hybridized carbons (Fsp3) is 0.500. The van der Waals surface area contributed by atoms with E-state index in [0.717, 1.165) is 43.4 Å². The highest BCUT2D eigenvalue weighted by Crippen LogP contribution is 2.29. The first-order valence-electron chi connectivity index (χ1n) is 11.1. The molecular weight excluding hydrogens is 462 g/mol. The van der Waals surface area contributed by atoms with Crippen molar-refractivity contribution >= 4 is 46.6 Å². The van der Waals surface area contributed by atoms with E-state index < -0.39 is 0 Å². The zero-order valence-electron chi connectivity index (χ0n) is 18.8. The van der Waals surface area contributed by atoms with Crippen molar-refractivity contribution in [3.8, 4) is 0 Å². The van der Waals surface area contributed by atoms with Crippen molar-refractivity contribution in [2.24, 2.45) is 0 Å². The summed E-state index contributed by atoms with van der Waals surface area (Å²) in [7, 11) is 0. The van der Waals surface area contributed by atoms with Gasteiger partial charge in [0.15, 0.2) is 0 Å². The number of aromatic nitrogens is 2. The molecule has 1 aromatic heterocycles. The molecule has 4 N–H and O–H groups in total. The molecule has 0 aliphatic carbocycles. The van der Waals surface area contributed by atoms with E-state index in [1.165, 1.54) is 11.8 Å². The third-order valence-electron chi connectivity index (χ3n) is 5.77. The van der Waals surface area contributed by atoms with Gasteiger partial charge in [-0.3, -0.25) is 15.0 Å². The van der Waals surface area contributed by atoms with Gasteiger partial charge in [-0.25, -0.2) is 9.97 Å². The summed E-state index contributed by atoms with van der Waals surface area (Å²) in [6.45, 7) is 8.75. The molecule has 1 aromatic carbocycles. The zero-order chi connectivity index (χ0) is 23.4. The van der Waals surface area contributed by atoms with Crippen LogP contribution in [0, 0.1) is 13.8 Å². The van der Waals surface area contributed by atoms with Crippen LogP contribution in [-0.4, -0.2) is 82.5 Å². The topological polar surface area (TPSA) is 106 Å². The molecule has 0 radical (unpaired) electrons. The van der Waals surface area contributed by atoms with Gasteiger partial charge >= 0.3 is 0 Å². The number of piperazine rings is 1. The van der Waals surface area contributed by atoms with E-state index in [9.17, 15) is 4.79 Å². The minimum Gasteiger partial charge on any atom is -0.395 e. The summed E-state index contributed by atoms with van der Waals surface area (Å²) in [6, 6.07) is 7.52. The van der Waals surface area contributed by atoms with E-state index in [4.69, 9.17) is 16.7 Å². The number of anilines is 3. The van der Waals surface area contributed by atoms with Crippen LogP contribution < -0.4 is 20.9 Å². The quantitative estimate of drug-likeness (QED) is 0.462. The van der Waals surface area contributed by atoms with E-state index in [0.29, 0.717) is 29.6 Å². The van der Waals surface area contributed by atoms with Crippen molar-refractivity contribution in [2.75, 3.05) is 61.4 Å². The van der Waals surface area contributed by atoms with Gasteiger partial charge in [-0.05, 0) is 25.5 Å². The number of β-amino-alcohol motifs (C(OH)–C–C–N with tert-alkyl or cyclic N) is 1. The minimum absolute atomic E-state index is 0.0756. The lowest BCUT2D eigenvalue weighted by Crippen LogP contribution is -2.47. The summed E-state index contributed by atoms with van der Waals surface area (Å²) in [5.41, 5.74) is 1.45. The Labute approximate surface area is 203 Å². The van der Waals surface area contributed by atoms with Crippen molar-refractivity contribution in [3.05, 3.63) is 40.7 Å². The minimum atomic E-state index is -0.250. The van der Waals surface area contributed by atoms with Crippen molar-refractivity contribution in [3.63, 3.8) is 0 Å². The van der Waals surface area contributed by atoms with E-state index >= 15 is 0 Å². The highest BCUT2D eigenvalue weighted by atomic mass is 35.5. The number of benzene rings is 1. The molecule has 0 spiro atoms. The summed E-state index contributed by atoms with van der Waals surface area (Å²) >= 11 is 7.77. The highest BCUT2D eigenvalue weighted by Gasteiger charge is 2.31. The largest absolute Gasteiger partial charge is 0.395 e. The number of hydrogen-bond acceptors (Lipinski definition) is 9. The molecule has 2 fully saturated rings. The number of rotatable bonds is 7. The maximum atomic E-state index is 12.8. The maximum Gasteiger partial charge on any atom is 0.238 e. The molecule has 2 aliphatic heterocycles. The van der Waals surface area contributed by atoms with Crippen LogP contribution in [0.15, 0.2) is 24.3 Å². The molecule has 1 amide bonds. The van der Waals surface area contributed by atoms with Gasteiger partial charge < -0.3 is 20.6 Å². The fourth-order valence-corrected chi connectivity index (χ4v) is 5.33. The molecule has 4 rings (SSSR count). The van der Waals surface area contributed by atoms with E-state index in [1.54, 1.807) is 6.07 Å². The number of amides is 1. The van der Waals surface area contributed by atoms with Gasteiger partial charge in [0.05, 0.1) is 22.6 Å². The first kappa shape index (κ1) is 24.0. The number of aliphatic hydroxyl groups is 1. The fourth-order valence-electron chi connectivity index (χ4n) is 3.97. The molecule has 3 heterocycles. The third kappa shape index (κ3) is 6.07. The molecule has 9 nitrogen and oxygen atoms in total. The summed E-state index contributed by atoms with van der Waals surface area (Å²) in [6.07, 6.45) is 0. The number of aryl methyl sites for hydroxylation is 2. The summed E-state index contributed by atoms with van der Waals surface area (Å²) in [5.74, 6) is 2.23. The Balaban J connectivity index is 1.35. The number of nitrogens with zero attached hydrogens (tertiary/aromatic N) is 4. The van der Waals surface area contributed by atoms with Crippen LogP contribution in [0.25, 0.3) is 0 Å². The van der Waals surface area contributed by atoms with Crippen molar-refractivity contribution in [1.82, 2.24) is 20.2 Å². The molecule has 2 saturated heterocycles. The number of carbonyl (C=O) groups excluding carboxylic acids is 1. The van der Waals surface area contributed by atoms with Crippen molar-refractivity contribution < 1.29 is 9.90 Å². The molecule has 2 aliphatic rings. The molecule has 2 aromatic rings. The van der Waals surface area contributed by atoms with Gasteiger partial charge in [0, 0.05) is 45.3 Å². The van der Waals surface area contributed by atoms with Gasteiger partial charge in [-0.15, -0.1) is 11.8 Å². The van der Waals surface area contributed by atoms with Gasteiger partial charge in [-0.2, -0.15) is 0 Å². The molecule has 33 heavy (non-hydrogen) atoms. The smallest absolute Gasteiger partial charge is 0.238 e. The Morgan fingerprint density at radius 2 is 2.06 bits per heavy atom. The molecule has 11 heteroatoms. The predicted molar refractivity (Wildman–Crippen MR) is 134 cm³/mol. The normalized spacial score (nSPS) is 21.3. The Morgan fingerprint density at radius 3 is 2.79 bits per heavy atom. The molecular formula is C22H30ClN7O2S. The third-order valence-corrected chi connectivity index (χ3v) is 7.35. The van der Waals surface area contributed by atoms with Crippen LogP contribution in [0.4, 0.5) is 17.3 Å². The number of para-hydroxylation sites is 1. The second-order valence-corrected chi connectivity index (χ2v) is 9.91. The van der Waals surface area contributed by atoms with Crippen LogP contribution in [0.3, 0.4) is 0 Å². The summed E-state index contributed by atoms with van der Waals surface area (Å²) < 4.78 is 0. The maximum absolute atomic E-state index is 12.8. The van der Waals surface area contributed by atoms with Crippen LogP contribution in [0.1, 0.15) is 11.4 Å². The van der Waals surface area contributed by atoms with Crippen LogP contribution in [0.5, 0.6) is 0 Å². The Morgan fingerprint density at radius 1 is 1.27 bits per heavy atom. The summed E-state index contributed by atoms with van der Waals surface area (Å²) in [5, 5.41) is 19.1. The van der Waals surface area contributed by atoms with Gasteiger partial charge in [0.25, 0.3) is 0 Å². The average molecular weight is 492 g/mol. The zero-order valence-corrected chi connectivity index (χ0v) is 20.4. The Hall–Kier alpha value is -2.11. The SMILES string of the molecule is Cc1nc(NC2NCC(C(=O)Nc3c(C)cccc3Cl)S2)cc(N2CCN(CCO)CC2)n1. The first-order valence-corrected chi connectivity index (χ1v) is 12.4. The number of nitrogens with one attached hydrogen (secondary N) is 3. The van der Waals surface area contributed by atoms with E-state index in [1.807, 2.05) is 32.0 Å². The Bertz CT molecular complexity index is 967. The lowest BCUT2D eigenvalue weighted by molar-refractivity contribution is -0.115. The number of halogens is 1. The second-order valence-electron chi connectivity index (χ2n) is 8.19. The molecule has 0 bridgehead atoms. The second kappa shape index (κ2) is 10.9.